The Kier molecular flexibility index (Phi) is 2.42. The van der Waals surface area contributed by atoms with Crippen LogP contribution in [0.2, 0.25) is 0 Å². The molecule has 3 aliphatic rings. The van der Waals surface area contributed by atoms with Gasteiger partial charge in [-0.25, -0.2) is 4.39 Å². The number of fused-ring (bicyclic) bond motifs is 4. The van der Waals surface area contributed by atoms with Crippen LogP contribution >= 0.6 is 0 Å². The Labute approximate surface area is 112 Å². The number of hydrogen-bond acceptors (Lipinski definition) is 3. The van der Waals surface area contributed by atoms with Crippen molar-refractivity contribution in [1.29, 1.82) is 0 Å². The van der Waals surface area contributed by atoms with E-state index in [1.807, 2.05) is 0 Å². The maximum atomic E-state index is 13.4. The Bertz CT molecular complexity index is 521. The van der Waals surface area contributed by atoms with Crippen molar-refractivity contribution in [1.82, 2.24) is 4.90 Å². The van der Waals surface area contributed by atoms with Crippen LogP contribution in [0, 0.1) is 11.7 Å². The van der Waals surface area contributed by atoms with Gasteiger partial charge >= 0.3 is 0 Å². The quantitative estimate of drug-likeness (QED) is 0.778. The molecule has 0 aliphatic carbocycles. The minimum Gasteiger partial charge on any atom is -0.486 e. The van der Waals surface area contributed by atoms with Crippen LogP contribution in [0.5, 0.6) is 5.75 Å². The summed E-state index contributed by atoms with van der Waals surface area (Å²) in [6.07, 6.45) is 3.06. The molecule has 2 fully saturated rings. The molecule has 3 heterocycles. The van der Waals surface area contributed by atoms with Crippen molar-refractivity contribution in [3.05, 3.63) is 29.6 Å². The molecule has 0 aromatic heterocycles. The molecular formula is C15H19FN2O. The number of halogens is 1. The summed E-state index contributed by atoms with van der Waals surface area (Å²) in [6.45, 7) is 3.35. The molecule has 3 aliphatic heterocycles. The summed E-state index contributed by atoms with van der Waals surface area (Å²) in [4.78, 5) is 2.49. The molecule has 4 heteroatoms. The summed E-state index contributed by atoms with van der Waals surface area (Å²) < 4.78 is 19.7. The Balaban J connectivity index is 1.73. The largest absolute Gasteiger partial charge is 0.486 e. The van der Waals surface area contributed by atoms with E-state index < -0.39 is 0 Å². The van der Waals surface area contributed by atoms with E-state index in [1.165, 1.54) is 25.1 Å². The lowest BCUT2D eigenvalue weighted by Crippen LogP contribution is -2.53. The van der Waals surface area contributed by atoms with Gasteiger partial charge in [-0.05, 0) is 19.0 Å². The molecule has 0 saturated carbocycles. The van der Waals surface area contributed by atoms with Crippen molar-refractivity contribution in [2.75, 3.05) is 19.6 Å². The van der Waals surface area contributed by atoms with Crippen molar-refractivity contribution < 1.29 is 9.13 Å². The molecule has 102 valence electrons. The summed E-state index contributed by atoms with van der Waals surface area (Å²) in [5, 5.41) is 0. The Morgan fingerprint density at radius 3 is 3.16 bits per heavy atom. The van der Waals surface area contributed by atoms with Crippen molar-refractivity contribution >= 4 is 0 Å². The molecular weight excluding hydrogens is 243 g/mol. The van der Waals surface area contributed by atoms with Crippen molar-refractivity contribution in [2.45, 2.75) is 30.9 Å². The number of hydrogen-bond donors (Lipinski definition) is 1. The van der Waals surface area contributed by atoms with Crippen LogP contribution < -0.4 is 10.5 Å². The molecule has 3 unspecified atom stereocenters. The third-order valence-corrected chi connectivity index (χ3v) is 5.12. The van der Waals surface area contributed by atoms with Gasteiger partial charge < -0.3 is 15.4 Å². The van der Waals surface area contributed by atoms with Crippen LogP contribution in [0.25, 0.3) is 0 Å². The predicted molar refractivity (Wildman–Crippen MR) is 70.5 cm³/mol. The topological polar surface area (TPSA) is 38.5 Å². The molecule has 1 aromatic carbocycles. The molecule has 0 radical (unpaired) electrons. The van der Waals surface area contributed by atoms with Crippen LogP contribution in [-0.4, -0.2) is 30.1 Å². The van der Waals surface area contributed by atoms with Crippen LogP contribution in [0.3, 0.4) is 0 Å². The van der Waals surface area contributed by atoms with Crippen molar-refractivity contribution in [2.24, 2.45) is 11.7 Å². The van der Waals surface area contributed by atoms with Gasteiger partial charge in [-0.3, -0.25) is 0 Å². The van der Waals surface area contributed by atoms with Crippen LogP contribution in [-0.2, 0) is 0 Å². The first-order valence-corrected chi connectivity index (χ1v) is 7.13. The molecule has 2 saturated heterocycles. The summed E-state index contributed by atoms with van der Waals surface area (Å²) in [5.74, 6) is 0.967. The Morgan fingerprint density at radius 2 is 2.26 bits per heavy atom. The number of ether oxygens (including phenoxy) is 1. The van der Waals surface area contributed by atoms with Crippen LogP contribution in [0.4, 0.5) is 4.39 Å². The lowest BCUT2D eigenvalue weighted by molar-refractivity contribution is -0.0441. The normalized spacial score (nSPS) is 40.0. The Hall–Kier alpha value is -1.13. The summed E-state index contributed by atoms with van der Waals surface area (Å²) in [5.41, 5.74) is 7.11. The molecule has 4 atom stereocenters. The fraction of sp³-hybridized carbons (Fsp3) is 0.600. The summed E-state index contributed by atoms with van der Waals surface area (Å²) >= 11 is 0. The van der Waals surface area contributed by atoms with Gasteiger partial charge in [0.15, 0.2) is 0 Å². The third-order valence-electron chi connectivity index (χ3n) is 5.12. The lowest BCUT2D eigenvalue weighted by Gasteiger charge is -2.47. The van der Waals surface area contributed by atoms with E-state index in [-0.39, 0.29) is 17.5 Å². The lowest BCUT2D eigenvalue weighted by atomic mass is 9.75. The highest BCUT2D eigenvalue weighted by Gasteiger charge is 2.51. The van der Waals surface area contributed by atoms with E-state index in [9.17, 15) is 4.39 Å². The van der Waals surface area contributed by atoms with Gasteiger partial charge in [0, 0.05) is 49.5 Å². The number of benzene rings is 1. The summed E-state index contributed by atoms with van der Waals surface area (Å²) in [7, 11) is 0. The number of piperidine rings is 1. The molecule has 0 amide bonds. The first-order valence-electron chi connectivity index (χ1n) is 7.13. The highest BCUT2D eigenvalue weighted by Crippen LogP contribution is 2.48. The number of nitrogens with two attached hydrogens (primary N) is 1. The third kappa shape index (κ3) is 1.70. The fourth-order valence-corrected chi connectivity index (χ4v) is 4.07. The maximum Gasteiger partial charge on any atom is 0.127 e. The molecule has 3 nitrogen and oxygen atoms in total. The van der Waals surface area contributed by atoms with Crippen LogP contribution in [0.15, 0.2) is 18.2 Å². The highest BCUT2D eigenvalue weighted by atomic mass is 19.1. The van der Waals surface area contributed by atoms with Crippen molar-refractivity contribution in [3.63, 3.8) is 0 Å². The highest BCUT2D eigenvalue weighted by molar-refractivity contribution is 5.39. The standard InChI is InChI=1S/C15H19FN2O/c16-11-1-2-12-13(17)8-15(19-14(12)7-11)4-6-18-5-3-10(15)9-18/h1-2,7,10,13H,3-6,8-9,17H2/t10?,13-,15?/m1/s1. The second-order valence-electron chi connectivity index (χ2n) is 6.20. The minimum absolute atomic E-state index is 0.0310. The van der Waals surface area contributed by atoms with Crippen molar-refractivity contribution in [3.8, 4) is 5.75 Å². The maximum absolute atomic E-state index is 13.4. The molecule has 2 N–H and O–H groups in total. The molecule has 4 rings (SSSR count). The van der Waals surface area contributed by atoms with E-state index in [2.05, 4.69) is 4.90 Å². The van der Waals surface area contributed by atoms with Gasteiger partial charge in [-0.2, -0.15) is 0 Å². The smallest absolute Gasteiger partial charge is 0.127 e. The van der Waals surface area contributed by atoms with Gasteiger partial charge in [0.05, 0.1) is 0 Å². The van der Waals surface area contributed by atoms with Gasteiger partial charge in [0.2, 0.25) is 0 Å². The molecule has 2 bridgehead atoms. The average molecular weight is 262 g/mol. The zero-order valence-corrected chi connectivity index (χ0v) is 10.9. The van der Waals surface area contributed by atoms with E-state index in [0.717, 1.165) is 31.5 Å². The minimum atomic E-state index is -0.244. The predicted octanol–water partition coefficient (Wildman–Crippen LogP) is 2.07. The number of nitrogens with zero attached hydrogens (tertiary/aromatic N) is 1. The van der Waals surface area contributed by atoms with Gasteiger partial charge in [0.1, 0.15) is 17.2 Å². The van der Waals surface area contributed by atoms with E-state index >= 15 is 0 Å². The second-order valence-corrected chi connectivity index (χ2v) is 6.20. The zero-order valence-electron chi connectivity index (χ0n) is 10.9. The first-order chi connectivity index (χ1) is 9.16. The van der Waals surface area contributed by atoms with E-state index in [4.69, 9.17) is 10.5 Å². The molecule has 1 aromatic rings. The van der Waals surface area contributed by atoms with E-state index in [0.29, 0.717) is 11.7 Å². The second kappa shape index (κ2) is 3.93. The first kappa shape index (κ1) is 11.7. The number of rotatable bonds is 0. The summed E-state index contributed by atoms with van der Waals surface area (Å²) in [6, 6.07) is 4.71. The zero-order chi connectivity index (χ0) is 13.0. The van der Waals surface area contributed by atoms with Crippen LogP contribution in [0.1, 0.15) is 30.9 Å². The molecule has 1 spiro atoms. The average Bonchev–Trinajstić information content (AvgIpc) is 2.79. The van der Waals surface area contributed by atoms with Gasteiger partial charge in [-0.15, -0.1) is 0 Å². The monoisotopic (exact) mass is 262 g/mol. The Morgan fingerprint density at radius 1 is 1.37 bits per heavy atom. The van der Waals surface area contributed by atoms with Gasteiger partial charge in [-0.1, -0.05) is 6.07 Å². The SMILES string of the molecule is N[C@@H]1CC2(CCN3CCC2C3)Oc2cc(F)ccc21. The van der Waals surface area contributed by atoms with E-state index in [1.54, 1.807) is 6.07 Å². The van der Waals surface area contributed by atoms with Gasteiger partial charge in [0.25, 0.3) is 0 Å². The molecule has 19 heavy (non-hydrogen) atoms. The fourth-order valence-electron chi connectivity index (χ4n) is 4.07.